The van der Waals surface area contributed by atoms with Crippen LogP contribution >= 0.6 is 0 Å². The standard InChI is InChI=1S/C14H14N2O4/c1-2-3-14-15-13(16-20-14)8-18-9-4-5-10-11(17)7-19-12(10)6-9/h4-6H,2-3,7-8H2,1H3. The maximum Gasteiger partial charge on any atom is 0.226 e. The summed E-state index contributed by atoms with van der Waals surface area (Å²) in [5.41, 5.74) is 0.599. The molecule has 2 heterocycles. The fraction of sp³-hybridized carbons (Fsp3) is 0.357. The highest BCUT2D eigenvalue weighted by Gasteiger charge is 2.21. The van der Waals surface area contributed by atoms with Crippen LogP contribution in [0.4, 0.5) is 0 Å². The van der Waals surface area contributed by atoms with E-state index in [9.17, 15) is 4.79 Å². The summed E-state index contributed by atoms with van der Waals surface area (Å²) >= 11 is 0. The summed E-state index contributed by atoms with van der Waals surface area (Å²) in [6.45, 7) is 2.37. The zero-order valence-corrected chi connectivity index (χ0v) is 11.1. The fourth-order valence-electron chi connectivity index (χ4n) is 1.98. The monoisotopic (exact) mass is 274 g/mol. The van der Waals surface area contributed by atoms with E-state index in [2.05, 4.69) is 10.1 Å². The molecule has 0 saturated carbocycles. The molecule has 2 aromatic rings. The molecule has 1 aliphatic rings. The Morgan fingerprint density at radius 1 is 1.40 bits per heavy atom. The normalized spacial score (nSPS) is 13.2. The number of ether oxygens (including phenoxy) is 2. The summed E-state index contributed by atoms with van der Waals surface area (Å²) in [5, 5.41) is 3.84. The molecular weight excluding hydrogens is 260 g/mol. The van der Waals surface area contributed by atoms with Crippen molar-refractivity contribution in [2.75, 3.05) is 6.61 Å². The van der Waals surface area contributed by atoms with Gasteiger partial charge in [-0.05, 0) is 18.6 Å². The molecule has 0 spiro atoms. The van der Waals surface area contributed by atoms with Crippen LogP contribution < -0.4 is 9.47 Å². The van der Waals surface area contributed by atoms with Gasteiger partial charge in [0, 0.05) is 12.5 Å². The number of ketones is 1. The number of hydrogen-bond acceptors (Lipinski definition) is 6. The molecule has 6 nitrogen and oxygen atoms in total. The number of rotatable bonds is 5. The van der Waals surface area contributed by atoms with Gasteiger partial charge in [-0.2, -0.15) is 4.98 Å². The number of benzene rings is 1. The summed E-state index contributed by atoms with van der Waals surface area (Å²) in [4.78, 5) is 15.6. The molecule has 0 fully saturated rings. The van der Waals surface area contributed by atoms with E-state index in [1.54, 1.807) is 18.2 Å². The van der Waals surface area contributed by atoms with Crippen molar-refractivity contribution in [2.45, 2.75) is 26.4 Å². The molecule has 0 radical (unpaired) electrons. The van der Waals surface area contributed by atoms with Gasteiger partial charge in [0.05, 0.1) is 5.56 Å². The average Bonchev–Trinajstić information content (AvgIpc) is 3.04. The summed E-state index contributed by atoms with van der Waals surface area (Å²) in [6.07, 6.45) is 1.72. The number of hydrogen-bond donors (Lipinski definition) is 0. The number of Topliss-reactive ketones (excluding diaryl/α,β-unsaturated/α-hetero) is 1. The third-order valence-corrected chi connectivity index (χ3v) is 2.95. The second kappa shape index (κ2) is 5.32. The van der Waals surface area contributed by atoms with Crippen molar-refractivity contribution < 1.29 is 18.8 Å². The van der Waals surface area contributed by atoms with Crippen LogP contribution in [0.3, 0.4) is 0 Å². The first-order chi connectivity index (χ1) is 9.76. The molecule has 0 N–H and O–H groups in total. The van der Waals surface area contributed by atoms with Gasteiger partial charge in [-0.25, -0.2) is 0 Å². The number of carbonyl (C=O) groups is 1. The van der Waals surface area contributed by atoms with Crippen LogP contribution in [0.5, 0.6) is 11.5 Å². The smallest absolute Gasteiger partial charge is 0.226 e. The molecule has 0 saturated heterocycles. The minimum atomic E-state index is -0.00562. The zero-order valence-electron chi connectivity index (χ0n) is 11.1. The van der Waals surface area contributed by atoms with Crippen LogP contribution in [0.25, 0.3) is 0 Å². The van der Waals surface area contributed by atoms with E-state index in [-0.39, 0.29) is 19.0 Å². The van der Waals surface area contributed by atoms with Crippen LogP contribution in [0.2, 0.25) is 0 Å². The first kappa shape index (κ1) is 12.7. The number of nitrogens with zero attached hydrogens (tertiary/aromatic N) is 2. The molecular formula is C14H14N2O4. The van der Waals surface area contributed by atoms with Crippen molar-refractivity contribution in [1.82, 2.24) is 10.1 Å². The Morgan fingerprint density at radius 3 is 3.15 bits per heavy atom. The van der Waals surface area contributed by atoms with Gasteiger partial charge >= 0.3 is 0 Å². The zero-order chi connectivity index (χ0) is 13.9. The Labute approximate surface area is 115 Å². The third-order valence-electron chi connectivity index (χ3n) is 2.95. The van der Waals surface area contributed by atoms with Crippen LogP contribution in [-0.4, -0.2) is 22.5 Å². The maximum atomic E-state index is 11.4. The van der Waals surface area contributed by atoms with Gasteiger partial charge in [-0.1, -0.05) is 12.1 Å². The predicted molar refractivity (Wildman–Crippen MR) is 68.9 cm³/mol. The van der Waals surface area contributed by atoms with E-state index >= 15 is 0 Å². The van der Waals surface area contributed by atoms with Crippen molar-refractivity contribution in [2.24, 2.45) is 0 Å². The Kier molecular flexibility index (Phi) is 3.37. The Hall–Kier alpha value is -2.37. The summed E-state index contributed by atoms with van der Waals surface area (Å²) < 4.78 is 15.9. The second-order valence-corrected chi connectivity index (χ2v) is 4.51. The molecule has 1 aromatic carbocycles. The fourth-order valence-corrected chi connectivity index (χ4v) is 1.98. The second-order valence-electron chi connectivity index (χ2n) is 4.51. The number of carbonyl (C=O) groups excluding carboxylic acids is 1. The lowest BCUT2D eigenvalue weighted by Crippen LogP contribution is -1.99. The van der Waals surface area contributed by atoms with E-state index in [1.165, 1.54) is 0 Å². The van der Waals surface area contributed by atoms with Gasteiger partial charge in [0.15, 0.2) is 13.2 Å². The molecule has 0 amide bonds. The SMILES string of the molecule is CCCc1nc(COc2ccc3c(c2)OCC3=O)no1. The summed E-state index contributed by atoms with van der Waals surface area (Å²) in [6, 6.07) is 5.14. The molecule has 0 aliphatic carbocycles. The van der Waals surface area contributed by atoms with Crippen LogP contribution in [-0.2, 0) is 13.0 Å². The van der Waals surface area contributed by atoms with Crippen LogP contribution in [0.15, 0.2) is 22.7 Å². The minimum Gasteiger partial charge on any atom is -0.485 e. The summed E-state index contributed by atoms with van der Waals surface area (Å²) in [7, 11) is 0. The molecule has 6 heteroatoms. The Balaban J connectivity index is 1.65. The predicted octanol–water partition coefficient (Wildman–Crippen LogP) is 2.18. The highest BCUT2D eigenvalue weighted by molar-refractivity contribution is 6.02. The topological polar surface area (TPSA) is 74.5 Å². The van der Waals surface area contributed by atoms with Gasteiger partial charge in [-0.3, -0.25) is 4.79 Å². The van der Waals surface area contributed by atoms with Crippen molar-refractivity contribution in [3.63, 3.8) is 0 Å². The first-order valence-corrected chi connectivity index (χ1v) is 6.50. The maximum absolute atomic E-state index is 11.4. The highest BCUT2D eigenvalue weighted by Crippen LogP contribution is 2.29. The first-order valence-electron chi connectivity index (χ1n) is 6.50. The third kappa shape index (κ3) is 2.49. The molecule has 1 aliphatic heterocycles. The van der Waals surface area contributed by atoms with Crippen molar-refractivity contribution in [3.8, 4) is 11.5 Å². The lowest BCUT2D eigenvalue weighted by molar-refractivity contribution is 0.0961. The molecule has 3 rings (SSSR count). The molecule has 104 valence electrons. The van der Waals surface area contributed by atoms with Gasteiger partial charge in [-0.15, -0.1) is 0 Å². The Morgan fingerprint density at radius 2 is 2.30 bits per heavy atom. The van der Waals surface area contributed by atoms with Crippen molar-refractivity contribution in [1.29, 1.82) is 0 Å². The highest BCUT2D eigenvalue weighted by atomic mass is 16.5. The number of fused-ring (bicyclic) bond motifs is 1. The number of aryl methyl sites for hydroxylation is 1. The van der Waals surface area contributed by atoms with Gasteiger partial charge in [0.25, 0.3) is 0 Å². The van der Waals surface area contributed by atoms with Crippen molar-refractivity contribution in [3.05, 3.63) is 35.5 Å². The van der Waals surface area contributed by atoms with E-state index in [1.807, 2.05) is 6.92 Å². The lowest BCUT2D eigenvalue weighted by atomic mass is 10.1. The quantitative estimate of drug-likeness (QED) is 0.831. The van der Waals surface area contributed by atoms with E-state index in [0.29, 0.717) is 28.8 Å². The van der Waals surface area contributed by atoms with Crippen molar-refractivity contribution >= 4 is 5.78 Å². The van der Waals surface area contributed by atoms with Gasteiger partial charge < -0.3 is 14.0 Å². The minimum absolute atomic E-state index is 0.00562. The van der Waals surface area contributed by atoms with E-state index in [0.717, 1.165) is 12.8 Å². The molecule has 0 unspecified atom stereocenters. The van der Waals surface area contributed by atoms with E-state index < -0.39 is 0 Å². The van der Waals surface area contributed by atoms with Gasteiger partial charge in [0.1, 0.15) is 11.5 Å². The lowest BCUT2D eigenvalue weighted by Gasteiger charge is -2.04. The molecule has 0 bridgehead atoms. The molecule has 1 aromatic heterocycles. The van der Waals surface area contributed by atoms with E-state index in [4.69, 9.17) is 14.0 Å². The largest absolute Gasteiger partial charge is 0.485 e. The van der Waals surface area contributed by atoms with Gasteiger partial charge in [0.2, 0.25) is 17.5 Å². The summed E-state index contributed by atoms with van der Waals surface area (Å²) in [5.74, 6) is 2.29. The average molecular weight is 274 g/mol. The number of aromatic nitrogens is 2. The molecule has 20 heavy (non-hydrogen) atoms. The van der Waals surface area contributed by atoms with Crippen LogP contribution in [0.1, 0.15) is 35.4 Å². The molecule has 0 atom stereocenters. The Bertz CT molecular complexity index is 636. The van der Waals surface area contributed by atoms with Crippen LogP contribution in [0, 0.1) is 0 Å².